The number of hydrogen-bond acceptors (Lipinski definition) is 3. The number of hydrogen-bond donors (Lipinski definition) is 1. The molecule has 0 aliphatic rings. The highest BCUT2D eigenvalue weighted by Gasteiger charge is 2.06. The molecule has 1 aromatic rings. The maximum atomic E-state index is 13.5. The van der Waals surface area contributed by atoms with E-state index < -0.39 is 0 Å². The Hall–Kier alpha value is -1.29. The van der Waals surface area contributed by atoms with Gasteiger partial charge in [0, 0.05) is 31.5 Å². The first-order chi connectivity index (χ1) is 8.17. The Balaban J connectivity index is 2.57. The molecule has 1 aromatic carbocycles. The molecule has 4 heteroatoms. The maximum absolute atomic E-state index is 13.5. The van der Waals surface area contributed by atoms with Gasteiger partial charge < -0.3 is 14.8 Å². The molecule has 0 heterocycles. The van der Waals surface area contributed by atoms with Crippen LogP contribution < -0.4 is 10.1 Å². The Morgan fingerprint density at radius 1 is 1.41 bits per heavy atom. The van der Waals surface area contributed by atoms with Crippen molar-refractivity contribution >= 4 is 5.69 Å². The number of ether oxygens (including phenoxy) is 2. The highest BCUT2D eigenvalue weighted by Crippen LogP contribution is 2.21. The molecule has 0 radical (unpaired) electrons. The average Bonchev–Trinajstić information content (AvgIpc) is 2.30. The van der Waals surface area contributed by atoms with Crippen LogP contribution in [0.3, 0.4) is 0 Å². The maximum Gasteiger partial charge on any atom is 0.167 e. The molecule has 0 aromatic heterocycles. The van der Waals surface area contributed by atoms with E-state index in [0.717, 1.165) is 12.1 Å². The van der Waals surface area contributed by atoms with Crippen molar-refractivity contribution in [2.45, 2.75) is 26.3 Å². The van der Waals surface area contributed by atoms with Gasteiger partial charge in [-0.05, 0) is 32.4 Å². The molecular weight excluding hydrogens is 221 g/mol. The summed E-state index contributed by atoms with van der Waals surface area (Å²) in [4.78, 5) is 0. The molecule has 0 fully saturated rings. The van der Waals surface area contributed by atoms with Crippen LogP contribution in [0.2, 0.25) is 0 Å². The lowest BCUT2D eigenvalue weighted by Crippen LogP contribution is -2.17. The lowest BCUT2D eigenvalue weighted by atomic mass is 10.2. The van der Waals surface area contributed by atoms with Crippen LogP contribution in [0.1, 0.15) is 20.3 Å². The summed E-state index contributed by atoms with van der Waals surface area (Å²) in [5.74, 6) is -0.0432. The van der Waals surface area contributed by atoms with Gasteiger partial charge in [0.25, 0.3) is 0 Å². The van der Waals surface area contributed by atoms with Crippen LogP contribution >= 0.6 is 0 Å². The SMILES string of the molecule is CCOc1ccc(NC(C)CCOC)cc1F. The van der Waals surface area contributed by atoms with Crippen molar-refractivity contribution in [1.29, 1.82) is 0 Å². The van der Waals surface area contributed by atoms with Crippen molar-refractivity contribution in [1.82, 2.24) is 0 Å². The van der Waals surface area contributed by atoms with Crippen LogP contribution in [0.4, 0.5) is 10.1 Å². The zero-order chi connectivity index (χ0) is 12.7. The lowest BCUT2D eigenvalue weighted by Gasteiger charge is -2.15. The van der Waals surface area contributed by atoms with Gasteiger partial charge in [0.15, 0.2) is 11.6 Å². The summed E-state index contributed by atoms with van der Waals surface area (Å²) in [5.41, 5.74) is 0.759. The molecule has 1 atom stereocenters. The number of rotatable bonds is 7. The van der Waals surface area contributed by atoms with Crippen LogP contribution in [0.5, 0.6) is 5.75 Å². The number of nitrogens with one attached hydrogen (secondary N) is 1. The minimum absolute atomic E-state index is 0.243. The van der Waals surface area contributed by atoms with Gasteiger partial charge in [-0.1, -0.05) is 0 Å². The highest BCUT2D eigenvalue weighted by molar-refractivity contribution is 5.47. The third-order valence-electron chi connectivity index (χ3n) is 2.40. The molecule has 96 valence electrons. The second kappa shape index (κ2) is 7.12. The summed E-state index contributed by atoms with van der Waals surface area (Å²) in [6.07, 6.45) is 0.880. The molecule has 1 unspecified atom stereocenters. The zero-order valence-electron chi connectivity index (χ0n) is 10.6. The summed E-state index contributed by atoms with van der Waals surface area (Å²) in [6, 6.07) is 5.16. The van der Waals surface area contributed by atoms with Crippen LogP contribution in [0.25, 0.3) is 0 Å². The second-order valence-corrected chi connectivity index (χ2v) is 3.91. The Morgan fingerprint density at radius 2 is 2.18 bits per heavy atom. The van der Waals surface area contributed by atoms with E-state index >= 15 is 0 Å². The average molecular weight is 241 g/mol. The van der Waals surface area contributed by atoms with Crippen molar-refractivity contribution in [2.75, 3.05) is 25.6 Å². The first kappa shape index (κ1) is 13.8. The Kier molecular flexibility index (Phi) is 5.77. The fourth-order valence-electron chi connectivity index (χ4n) is 1.51. The van der Waals surface area contributed by atoms with Gasteiger partial charge in [0.2, 0.25) is 0 Å². The molecule has 0 amide bonds. The van der Waals surface area contributed by atoms with Crippen LogP contribution in [-0.2, 0) is 4.74 Å². The minimum atomic E-state index is -0.337. The third kappa shape index (κ3) is 4.61. The van der Waals surface area contributed by atoms with Crippen molar-refractivity contribution in [2.24, 2.45) is 0 Å². The molecule has 0 saturated carbocycles. The molecule has 1 N–H and O–H groups in total. The van der Waals surface area contributed by atoms with Gasteiger partial charge in [0.1, 0.15) is 0 Å². The first-order valence-corrected chi connectivity index (χ1v) is 5.85. The van der Waals surface area contributed by atoms with E-state index in [-0.39, 0.29) is 11.9 Å². The van der Waals surface area contributed by atoms with Gasteiger partial charge in [-0.15, -0.1) is 0 Å². The van der Waals surface area contributed by atoms with Crippen molar-refractivity contribution < 1.29 is 13.9 Å². The molecule has 0 aliphatic carbocycles. The molecule has 0 bridgehead atoms. The summed E-state index contributed by atoms with van der Waals surface area (Å²) < 4.78 is 23.7. The second-order valence-electron chi connectivity index (χ2n) is 3.91. The fraction of sp³-hybridized carbons (Fsp3) is 0.538. The normalized spacial score (nSPS) is 12.2. The molecule has 1 rings (SSSR count). The fourth-order valence-corrected chi connectivity index (χ4v) is 1.51. The predicted octanol–water partition coefficient (Wildman–Crippen LogP) is 3.06. The van der Waals surface area contributed by atoms with Gasteiger partial charge >= 0.3 is 0 Å². The summed E-state index contributed by atoms with van der Waals surface area (Å²) in [7, 11) is 1.67. The summed E-state index contributed by atoms with van der Waals surface area (Å²) in [6.45, 7) is 5.02. The third-order valence-corrected chi connectivity index (χ3v) is 2.40. The molecule has 0 saturated heterocycles. The van der Waals surface area contributed by atoms with E-state index in [1.54, 1.807) is 13.2 Å². The Bertz CT molecular complexity index is 344. The van der Waals surface area contributed by atoms with Gasteiger partial charge in [-0.2, -0.15) is 0 Å². The Morgan fingerprint density at radius 3 is 2.76 bits per heavy atom. The van der Waals surface area contributed by atoms with Gasteiger partial charge in [-0.25, -0.2) is 4.39 Å². The Labute approximate surface area is 102 Å². The van der Waals surface area contributed by atoms with Crippen molar-refractivity contribution in [3.63, 3.8) is 0 Å². The monoisotopic (exact) mass is 241 g/mol. The van der Waals surface area contributed by atoms with Crippen molar-refractivity contribution in [3.8, 4) is 5.75 Å². The number of benzene rings is 1. The summed E-state index contributed by atoms with van der Waals surface area (Å²) in [5, 5.41) is 3.21. The predicted molar refractivity (Wildman–Crippen MR) is 67.1 cm³/mol. The number of methoxy groups -OCH3 is 1. The topological polar surface area (TPSA) is 30.5 Å². The van der Waals surface area contributed by atoms with E-state index in [4.69, 9.17) is 9.47 Å². The smallest absolute Gasteiger partial charge is 0.167 e. The van der Waals surface area contributed by atoms with E-state index in [2.05, 4.69) is 5.32 Å². The number of halogens is 1. The van der Waals surface area contributed by atoms with Gasteiger partial charge in [-0.3, -0.25) is 0 Å². The molecule has 17 heavy (non-hydrogen) atoms. The minimum Gasteiger partial charge on any atom is -0.491 e. The van der Waals surface area contributed by atoms with Crippen molar-refractivity contribution in [3.05, 3.63) is 24.0 Å². The quantitative estimate of drug-likeness (QED) is 0.795. The molecular formula is C13H20FNO2. The molecule has 3 nitrogen and oxygen atoms in total. The standard InChI is InChI=1S/C13H20FNO2/c1-4-17-13-6-5-11(9-12(13)14)15-10(2)7-8-16-3/h5-6,9-10,15H,4,7-8H2,1-3H3. The number of anilines is 1. The van der Waals surface area contributed by atoms with Gasteiger partial charge in [0.05, 0.1) is 6.61 Å². The lowest BCUT2D eigenvalue weighted by molar-refractivity contribution is 0.191. The van der Waals surface area contributed by atoms with E-state index in [0.29, 0.717) is 19.0 Å². The van der Waals surface area contributed by atoms with E-state index in [1.807, 2.05) is 19.9 Å². The van der Waals surface area contributed by atoms with Crippen LogP contribution in [-0.4, -0.2) is 26.4 Å². The largest absolute Gasteiger partial charge is 0.491 e. The van der Waals surface area contributed by atoms with Crippen LogP contribution in [0.15, 0.2) is 18.2 Å². The zero-order valence-corrected chi connectivity index (χ0v) is 10.6. The molecule has 0 aliphatic heterocycles. The van der Waals surface area contributed by atoms with E-state index in [1.165, 1.54) is 6.07 Å². The molecule has 0 spiro atoms. The highest BCUT2D eigenvalue weighted by atomic mass is 19.1. The first-order valence-electron chi connectivity index (χ1n) is 5.85. The van der Waals surface area contributed by atoms with Crippen LogP contribution in [0, 0.1) is 5.82 Å². The van der Waals surface area contributed by atoms with E-state index in [9.17, 15) is 4.39 Å². The summed E-state index contributed by atoms with van der Waals surface area (Å²) >= 11 is 0.